The van der Waals surface area contributed by atoms with E-state index in [0.29, 0.717) is 29.1 Å². The average Bonchev–Trinajstić information content (AvgIpc) is 3.27. The molecule has 1 fully saturated rings. The highest BCUT2D eigenvalue weighted by atomic mass is 32.2. The highest BCUT2D eigenvalue weighted by molar-refractivity contribution is 7.90. The molecule has 4 aromatic rings. The third-order valence-electron chi connectivity index (χ3n) is 6.02. The number of aryl methyl sites for hydroxylation is 1. The van der Waals surface area contributed by atoms with E-state index >= 15 is 0 Å². The molecule has 5 heterocycles. The molecule has 11 heteroatoms. The van der Waals surface area contributed by atoms with Gasteiger partial charge in [0, 0.05) is 31.7 Å². The van der Waals surface area contributed by atoms with E-state index in [2.05, 4.69) is 29.8 Å². The smallest absolute Gasteiger partial charge is 0.275 e. The summed E-state index contributed by atoms with van der Waals surface area (Å²) in [6.45, 7) is 4.51. The maximum absolute atomic E-state index is 11.8. The summed E-state index contributed by atoms with van der Waals surface area (Å²) in [6, 6.07) is 8.56. The van der Waals surface area contributed by atoms with E-state index in [1.165, 1.54) is 17.4 Å². The summed E-state index contributed by atoms with van der Waals surface area (Å²) in [5.41, 5.74) is 2.93. The Hall–Kier alpha value is -3.18. The van der Waals surface area contributed by atoms with Gasteiger partial charge in [-0.05, 0) is 61.9 Å². The Balaban J connectivity index is 1.17. The molecular weight excluding hydrogens is 484 g/mol. The number of aromatic nitrogens is 5. The van der Waals surface area contributed by atoms with Crippen molar-refractivity contribution < 1.29 is 13.2 Å². The quantitative estimate of drug-likeness (QED) is 0.365. The number of pyridine rings is 2. The summed E-state index contributed by atoms with van der Waals surface area (Å²) in [5.74, 6) is 1.41. The summed E-state index contributed by atoms with van der Waals surface area (Å²) in [4.78, 5) is 25.3. The molecule has 4 aromatic heterocycles. The minimum Gasteiger partial charge on any atom is -0.470 e. The third-order valence-corrected chi connectivity index (χ3v) is 7.88. The van der Waals surface area contributed by atoms with Crippen LogP contribution in [-0.4, -0.2) is 59.3 Å². The molecule has 5 rings (SSSR count). The van der Waals surface area contributed by atoms with Crippen LogP contribution in [0.3, 0.4) is 0 Å². The van der Waals surface area contributed by atoms with Gasteiger partial charge in [0.2, 0.25) is 5.95 Å². The van der Waals surface area contributed by atoms with Gasteiger partial charge < -0.3 is 9.64 Å². The van der Waals surface area contributed by atoms with Crippen LogP contribution >= 0.6 is 11.3 Å². The van der Waals surface area contributed by atoms with Gasteiger partial charge in [0.05, 0.1) is 18.0 Å². The fourth-order valence-electron chi connectivity index (χ4n) is 4.05. The first kappa shape index (κ1) is 23.6. The van der Waals surface area contributed by atoms with Gasteiger partial charge in [-0.1, -0.05) is 17.4 Å². The SMILES string of the molecule is Cc1cnc(N2CCC(CCOc3nc4ccc(-c5cccc(S(C)(=O)=O)n5)nc4s3)CC2)nc1. The summed E-state index contributed by atoms with van der Waals surface area (Å²) < 4.78 is 29.6. The number of sulfone groups is 1. The van der Waals surface area contributed by atoms with E-state index in [-0.39, 0.29) is 5.03 Å². The summed E-state index contributed by atoms with van der Waals surface area (Å²) in [6.07, 6.45) is 8.02. The number of fused-ring (bicyclic) bond motifs is 1. The monoisotopic (exact) mass is 510 g/mol. The van der Waals surface area contributed by atoms with E-state index < -0.39 is 9.84 Å². The Morgan fingerprint density at radius 3 is 2.51 bits per heavy atom. The van der Waals surface area contributed by atoms with Gasteiger partial charge in [-0.15, -0.1) is 0 Å². The summed E-state index contributed by atoms with van der Waals surface area (Å²) >= 11 is 1.39. The maximum atomic E-state index is 11.8. The number of piperidine rings is 1. The Bertz CT molecular complexity index is 1430. The number of rotatable bonds is 7. The molecule has 0 N–H and O–H groups in total. The largest absolute Gasteiger partial charge is 0.470 e. The predicted octanol–water partition coefficient (Wildman–Crippen LogP) is 3.94. The van der Waals surface area contributed by atoms with Crippen LogP contribution in [0.4, 0.5) is 5.95 Å². The number of ether oxygens (including phenoxy) is 1. The Morgan fingerprint density at radius 1 is 1.03 bits per heavy atom. The highest BCUT2D eigenvalue weighted by Gasteiger charge is 2.21. The van der Waals surface area contributed by atoms with Crippen LogP contribution in [0.2, 0.25) is 0 Å². The van der Waals surface area contributed by atoms with Crippen molar-refractivity contribution in [2.75, 3.05) is 30.9 Å². The number of thiazole rings is 1. The van der Waals surface area contributed by atoms with Crippen LogP contribution in [0, 0.1) is 12.8 Å². The van der Waals surface area contributed by atoms with Gasteiger partial charge in [-0.3, -0.25) is 0 Å². The lowest BCUT2D eigenvalue weighted by Gasteiger charge is -2.31. The van der Waals surface area contributed by atoms with E-state index in [9.17, 15) is 8.42 Å². The minimum atomic E-state index is -3.39. The van der Waals surface area contributed by atoms with Crippen molar-refractivity contribution >= 4 is 37.5 Å². The van der Waals surface area contributed by atoms with Gasteiger partial charge in [0.15, 0.2) is 14.9 Å². The molecule has 0 bridgehead atoms. The van der Waals surface area contributed by atoms with Gasteiger partial charge in [0.1, 0.15) is 10.3 Å². The zero-order valence-electron chi connectivity index (χ0n) is 19.6. The van der Waals surface area contributed by atoms with Crippen LogP contribution in [0.25, 0.3) is 21.7 Å². The molecular formula is C24H26N6O3S2. The van der Waals surface area contributed by atoms with Crippen molar-refractivity contribution in [3.8, 4) is 16.6 Å². The second kappa shape index (κ2) is 9.82. The first-order chi connectivity index (χ1) is 16.8. The topological polar surface area (TPSA) is 111 Å². The molecule has 0 saturated carbocycles. The van der Waals surface area contributed by atoms with Crippen molar-refractivity contribution in [3.05, 3.63) is 48.3 Å². The molecule has 1 aliphatic rings. The van der Waals surface area contributed by atoms with E-state index in [4.69, 9.17) is 4.74 Å². The third kappa shape index (κ3) is 5.57. The zero-order chi connectivity index (χ0) is 24.4. The van der Waals surface area contributed by atoms with Gasteiger partial charge >= 0.3 is 0 Å². The molecule has 0 aromatic carbocycles. The second-order valence-corrected chi connectivity index (χ2v) is 11.7. The number of hydrogen-bond donors (Lipinski definition) is 0. The van der Waals surface area contributed by atoms with Crippen molar-refractivity contribution in [1.29, 1.82) is 0 Å². The molecule has 182 valence electrons. The lowest BCUT2D eigenvalue weighted by molar-refractivity contribution is 0.257. The first-order valence-electron chi connectivity index (χ1n) is 11.5. The molecule has 0 aliphatic carbocycles. The summed E-state index contributed by atoms with van der Waals surface area (Å²) in [7, 11) is -3.39. The fourth-order valence-corrected chi connectivity index (χ4v) is 5.45. The van der Waals surface area contributed by atoms with E-state index in [1.807, 2.05) is 25.4 Å². The van der Waals surface area contributed by atoms with Crippen molar-refractivity contribution in [2.24, 2.45) is 5.92 Å². The van der Waals surface area contributed by atoms with Crippen LogP contribution in [-0.2, 0) is 9.84 Å². The predicted molar refractivity (Wildman–Crippen MR) is 136 cm³/mol. The van der Waals surface area contributed by atoms with Crippen LogP contribution in [0.15, 0.2) is 47.8 Å². The molecule has 0 spiro atoms. The molecule has 0 unspecified atom stereocenters. The van der Waals surface area contributed by atoms with E-state index in [0.717, 1.165) is 60.5 Å². The van der Waals surface area contributed by atoms with Crippen molar-refractivity contribution in [3.63, 3.8) is 0 Å². The Morgan fingerprint density at radius 2 is 1.77 bits per heavy atom. The zero-order valence-corrected chi connectivity index (χ0v) is 21.2. The number of nitrogens with zero attached hydrogens (tertiary/aromatic N) is 6. The van der Waals surface area contributed by atoms with Crippen LogP contribution in [0.5, 0.6) is 5.19 Å². The average molecular weight is 511 g/mol. The Kier molecular flexibility index (Phi) is 6.61. The molecule has 0 atom stereocenters. The summed E-state index contributed by atoms with van der Waals surface area (Å²) in [5, 5.41) is 0.621. The maximum Gasteiger partial charge on any atom is 0.275 e. The fraction of sp³-hybridized carbons (Fsp3) is 0.375. The van der Waals surface area contributed by atoms with Crippen molar-refractivity contribution in [2.45, 2.75) is 31.2 Å². The molecule has 1 saturated heterocycles. The molecule has 35 heavy (non-hydrogen) atoms. The van der Waals surface area contributed by atoms with Crippen LogP contribution in [0.1, 0.15) is 24.8 Å². The molecule has 1 aliphatic heterocycles. The number of hydrogen-bond acceptors (Lipinski definition) is 10. The molecule has 0 amide bonds. The standard InChI is InChI=1S/C24H26N6O3S2/c1-16-14-25-23(26-15-16)30-11-8-17(9-12-30)10-13-33-24-29-20-7-6-19(28-22(20)34-24)18-4-3-5-21(27-18)35(2,31)32/h3-7,14-15,17H,8-13H2,1-2H3. The van der Waals surface area contributed by atoms with E-state index in [1.54, 1.807) is 18.2 Å². The number of anilines is 1. The normalized spacial score (nSPS) is 15.0. The van der Waals surface area contributed by atoms with Crippen LogP contribution < -0.4 is 9.64 Å². The molecule has 9 nitrogen and oxygen atoms in total. The highest BCUT2D eigenvalue weighted by Crippen LogP contribution is 2.30. The molecule has 0 radical (unpaired) electrons. The first-order valence-corrected chi connectivity index (χ1v) is 14.2. The minimum absolute atomic E-state index is 0.0300. The van der Waals surface area contributed by atoms with Gasteiger partial charge in [-0.2, -0.15) is 0 Å². The van der Waals surface area contributed by atoms with Gasteiger partial charge in [0.25, 0.3) is 5.19 Å². The Labute approximate surface area is 208 Å². The van der Waals surface area contributed by atoms with Crippen molar-refractivity contribution in [1.82, 2.24) is 24.9 Å². The second-order valence-electron chi connectivity index (χ2n) is 8.76. The lowest BCUT2D eigenvalue weighted by atomic mass is 9.94. The van der Waals surface area contributed by atoms with Gasteiger partial charge in [-0.25, -0.2) is 33.3 Å². The lowest BCUT2D eigenvalue weighted by Crippen LogP contribution is -2.35.